The molecule has 6 rings (SSSR count). The van der Waals surface area contributed by atoms with Crippen molar-refractivity contribution in [2.45, 2.75) is 25.2 Å². The van der Waals surface area contributed by atoms with Gasteiger partial charge in [0, 0.05) is 74.2 Å². The number of piperazine rings is 1. The number of anilines is 3. The van der Waals surface area contributed by atoms with Crippen molar-refractivity contribution >= 4 is 39.8 Å². The van der Waals surface area contributed by atoms with Crippen LogP contribution in [0, 0.1) is 17.6 Å². The lowest BCUT2D eigenvalue weighted by atomic mass is 9.92. The summed E-state index contributed by atoms with van der Waals surface area (Å²) in [5.41, 5.74) is 1.63. The molecule has 0 spiro atoms. The van der Waals surface area contributed by atoms with Crippen LogP contribution in [-0.4, -0.2) is 74.1 Å². The van der Waals surface area contributed by atoms with Gasteiger partial charge in [-0.3, -0.25) is 9.59 Å². The second-order valence-electron chi connectivity index (χ2n) is 12.1. The smallest absolute Gasteiger partial charge is 0.330 e. The van der Waals surface area contributed by atoms with Gasteiger partial charge in [-0.1, -0.05) is 10.5 Å². The van der Waals surface area contributed by atoms with E-state index in [1.807, 2.05) is 11.9 Å². The minimum atomic E-state index is -4.02. The fourth-order valence-electron chi connectivity index (χ4n) is 6.13. The second kappa shape index (κ2) is 13.3. The number of H-pyrrole nitrogens is 1. The van der Waals surface area contributed by atoms with E-state index in [4.69, 9.17) is 4.74 Å². The summed E-state index contributed by atoms with van der Waals surface area (Å²) in [5.74, 6) is -9.68. The maximum absolute atomic E-state index is 16.0. The Morgan fingerprint density at radius 2 is 1.66 bits per heavy atom. The van der Waals surface area contributed by atoms with Crippen LogP contribution >= 0.6 is 0 Å². The van der Waals surface area contributed by atoms with E-state index in [1.54, 1.807) is 24.3 Å². The van der Waals surface area contributed by atoms with Gasteiger partial charge in [0.25, 0.3) is 5.91 Å². The molecule has 2 N–H and O–H groups in total. The fraction of sp³-hybridized carbons (Fsp3) is 0.353. The van der Waals surface area contributed by atoms with Gasteiger partial charge in [0.2, 0.25) is 0 Å². The van der Waals surface area contributed by atoms with Crippen LogP contribution in [-0.2, 0) is 16.0 Å². The maximum atomic E-state index is 16.0. The molecular weight excluding hydrogens is 621 g/mol. The molecule has 8 nitrogen and oxygen atoms in total. The number of benzene rings is 3. The Morgan fingerprint density at radius 1 is 0.957 bits per heavy atom. The average molecular weight is 656 g/mol. The van der Waals surface area contributed by atoms with Gasteiger partial charge in [0.05, 0.1) is 16.9 Å². The first-order valence-corrected chi connectivity index (χ1v) is 15.4. The van der Waals surface area contributed by atoms with Crippen molar-refractivity contribution in [3.8, 4) is 0 Å². The lowest BCUT2D eigenvalue weighted by Crippen LogP contribution is -2.47. The molecular formula is C34H34F5N5O3. The average Bonchev–Trinajstić information content (AvgIpc) is 3.45. The standard InChI is InChI=1S/C34H34F5N5O3/c1-42-8-10-43(11-9-42)26-3-4-27(31(19-26)44(39)33(46)34(37,38)23-6-12-47-13-7-23)32(45)41-30-20-40-29-5-2-21(17-28(29)30)14-22-15-24(35)18-25(36)16-22/h2-5,15-20,23,40H,6-14H2,1H3,(H,41,45). The first kappa shape index (κ1) is 32.5. The Balaban J connectivity index is 1.30. The molecule has 248 valence electrons. The predicted octanol–water partition coefficient (Wildman–Crippen LogP) is 6.32. The molecule has 2 fully saturated rings. The molecule has 0 unspecified atom stereocenters. The highest BCUT2D eigenvalue weighted by Crippen LogP contribution is 2.38. The Hall–Kier alpha value is -4.49. The van der Waals surface area contributed by atoms with E-state index < -0.39 is 46.1 Å². The minimum Gasteiger partial charge on any atom is -0.381 e. The van der Waals surface area contributed by atoms with Gasteiger partial charge in [0.1, 0.15) is 11.6 Å². The zero-order valence-corrected chi connectivity index (χ0v) is 25.7. The van der Waals surface area contributed by atoms with Gasteiger partial charge in [0.15, 0.2) is 0 Å². The molecule has 0 saturated carbocycles. The summed E-state index contributed by atoms with van der Waals surface area (Å²) >= 11 is 0. The number of ether oxygens (including phenoxy) is 1. The number of carbonyl (C=O) groups is 2. The van der Waals surface area contributed by atoms with Crippen molar-refractivity contribution < 1.29 is 36.4 Å². The second-order valence-corrected chi connectivity index (χ2v) is 12.1. The molecule has 0 aliphatic carbocycles. The van der Waals surface area contributed by atoms with Crippen LogP contribution in [0.5, 0.6) is 0 Å². The van der Waals surface area contributed by atoms with Crippen LogP contribution in [0.2, 0.25) is 0 Å². The van der Waals surface area contributed by atoms with Crippen LogP contribution in [0.4, 0.5) is 39.1 Å². The fourth-order valence-corrected chi connectivity index (χ4v) is 6.13. The normalized spacial score (nSPS) is 16.4. The Kier molecular flexibility index (Phi) is 9.20. The van der Waals surface area contributed by atoms with Crippen LogP contribution in [0.1, 0.15) is 34.3 Å². The third-order valence-corrected chi connectivity index (χ3v) is 8.83. The molecule has 47 heavy (non-hydrogen) atoms. The molecule has 13 heteroatoms. The summed E-state index contributed by atoms with van der Waals surface area (Å²) in [6.45, 7) is 2.68. The number of nitrogens with zero attached hydrogens (tertiary/aromatic N) is 3. The lowest BCUT2D eigenvalue weighted by molar-refractivity contribution is -0.159. The van der Waals surface area contributed by atoms with E-state index in [0.29, 0.717) is 59.6 Å². The number of rotatable bonds is 8. The third kappa shape index (κ3) is 6.96. The number of alkyl halides is 2. The number of aromatic nitrogens is 1. The number of hydrogen-bond acceptors (Lipinski definition) is 5. The van der Waals surface area contributed by atoms with Gasteiger partial charge in [-0.2, -0.15) is 8.78 Å². The van der Waals surface area contributed by atoms with Gasteiger partial charge in [-0.15, -0.1) is 5.12 Å². The van der Waals surface area contributed by atoms with Gasteiger partial charge in [-0.25, -0.2) is 8.78 Å². The summed E-state index contributed by atoms with van der Waals surface area (Å²) in [4.78, 5) is 33.8. The highest BCUT2D eigenvalue weighted by atomic mass is 19.3. The monoisotopic (exact) mass is 655 g/mol. The van der Waals surface area contributed by atoms with Crippen LogP contribution < -0.4 is 15.3 Å². The summed E-state index contributed by atoms with van der Waals surface area (Å²) in [6.07, 6.45) is 1.53. The zero-order valence-electron chi connectivity index (χ0n) is 25.7. The molecule has 0 bridgehead atoms. The van der Waals surface area contributed by atoms with E-state index >= 15 is 13.3 Å². The first-order chi connectivity index (χ1) is 22.5. The summed E-state index contributed by atoms with van der Waals surface area (Å²) in [5, 5.41) is 2.67. The topological polar surface area (TPSA) is 80.9 Å². The van der Waals surface area contributed by atoms with Crippen LogP contribution in [0.25, 0.3) is 10.9 Å². The number of hydrogen-bond donors (Lipinski definition) is 2. The molecule has 0 atom stereocenters. The summed E-state index contributed by atoms with van der Waals surface area (Å²) in [7, 11) is 1.96. The molecule has 4 aromatic rings. The molecule has 2 amide bonds. The molecule has 2 aliphatic rings. The van der Waals surface area contributed by atoms with Crippen molar-refractivity contribution in [3.63, 3.8) is 0 Å². The summed E-state index contributed by atoms with van der Waals surface area (Å²) in [6, 6.07) is 12.7. The van der Waals surface area contributed by atoms with Crippen LogP contribution in [0.3, 0.4) is 0 Å². The SMILES string of the molecule is CN1CCN(c2ccc(C(=O)Nc3c[nH]c4ccc(Cc5cc(F)cc(F)c5)cc34)c(N(F)C(=O)C(F)(F)C3CCOCC3)c2)CC1. The van der Waals surface area contributed by atoms with E-state index in [-0.39, 0.29) is 38.0 Å². The molecule has 1 aromatic heterocycles. The first-order valence-electron chi connectivity index (χ1n) is 15.4. The minimum absolute atomic E-state index is 0.0395. The number of likely N-dealkylation sites (N-methyl/N-ethyl adjacent to an activating group) is 1. The largest absolute Gasteiger partial charge is 0.381 e. The van der Waals surface area contributed by atoms with Crippen LogP contribution in [0.15, 0.2) is 60.8 Å². The van der Waals surface area contributed by atoms with E-state index in [2.05, 4.69) is 15.2 Å². The highest BCUT2D eigenvalue weighted by molar-refractivity contribution is 6.14. The Labute approximate surface area is 268 Å². The predicted molar refractivity (Wildman–Crippen MR) is 169 cm³/mol. The lowest BCUT2D eigenvalue weighted by Gasteiger charge is -2.35. The van der Waals surface area contributed by atoms with E-state index in [1.165, 1.54) is 30.5 Å². The summed E-state index contributed by atoms with van der Waals surface area (Å²) < 4.78 is 79.3. The zero-order chi connectivity index (χ0) is 33.3. The number of nitrogens with one attached hydrogen (secondary N) is 2. The molecule has 3 heterocycles. The number of amides is 2. The van der Waals surface area contributed by atoms with Crippen molar-refractivity contribution in [1.82, 2.24) is 9.88 Å². The number of fused-ring (bicyclic) bond motifs is 1. The Bertz CT molecular complexity index is 1760. The van der Waals surface area contributed by atoms with E-state index in [9.17, 15) is 18.4 Å². The third-order valence-electron chi connectivity index (χ3n) is 8.83. The quantitative estimate of drug-likeness (QED) is 0.172. The van der Waals surface area contributed by atoms with Gasteiger partial charge in [-0.05, 0) is 79.9 Å². The Morgan fingerprint density at radius 3 is 2.36 bits per heavy atom. The molecule has 2 saturated heterocycles. The van der Waals surface area contributed by atoms with Crippen molar-refractivity contribution in [2.24, 2.45) is 5.92 Å². The number of carbonyl (C=O) groups excluding carboxylic acids is 2. The maximum Gasteiger partial charge on any atom is 0.330 e. The van der Waals surface area contributed by atoms with E-state index in [0.717, 1.165) is 6.07 Å². The molecule has 3 aromatic carbocycles. The van der Waals surface area contributed by atoms with Gasteiger partial charge < -0.3 is 24.8 Å². The number of halogens is 5. The van der Waals surface area contributed by atoms with Crippen molar-refractivity contribution in [1.29, 1.82) is 0 Å². The molecule has 0 radical (unpaired) electrons. The van der Waals surface area contributed by atoms with Crippen molar-refractivity contribution in [3.05, 3.63) is 89.1 Å². The highest BCUT2D eigenvalue weighted by Gasteiger charge is 2.51. The molecule has 2 aliphatic heterocycles. The van der Waals surface area contributed by atoms with Gasteiger partial charge >= 0.3 is 11.8 Å². The van der Waals surface area contributed by atoms with Crippen molar-refractivity contribution in [2.75, 3.05) is 61.8 Å². The number of aromatic amines is 1.